The van der Waals surface area contributed by atoms with Gasteiger partial charge in [0.05, 0.1) is 17.7 Å². The van der Waals surface area contributed by atoms with E-state index in [1.165, 1.54) is 37.8 Å². The van der Waals surface area contributed by atoms with Crippen molar-refractivity contribution in [2.45, 2.75) is 52.0 Å². The van der Waals surface area contributed by atoms with Crippen molar-refractivity contribution in [1.29, 1.82) is 0 Å². The summed E-state index contributed by atoms with van der Waals surface area (Å²) in [5.41, 5.74) is 4.97. The molecule has 0 bridgehead atoms. The summed E-state index contributed by atoms with van der Waals surface area (Å²) in [5.74, 6) is 0.137. The normalized spacial score (nSPS) is 15.2. The molecule has 4 heteroatoms. The van der Waals surface area contributed by atoms with Gasteiger partial charge in [0.15, 0.2) is 5.78 Å². The van der Waals surface area contributed by atoms with Gasteiger partial charge in [-0.05, 0) is 44.9 Å². The van der Waals surface area contributed by atoms with Crippen LogP contribution in [0.5, 0.6) is 0 Å². The highest BCUT2D eigenvalue weighted by molar-refractivity contribution is 6.01. The average molecular weight is 361 g/mol. The number of rotatable bonds is 5. The van der Waals surface area contributed by atoms with Gasteiger partial charge in [0, 0.05) is 34.6 Å². The minimum absolute atomic E-state index is 0.137. The number of hydrogen-bond donors (Lipinski definition) is 1. The zero-order chi connectivity index (χ0) is 18.8. The van der Waals surface area contributed by atoms with Gasteiger partial charge in [-0.2, -0.15) is 0 Å². The van der Waals surface area contributed by atoms with Crippen molar-refractivity contribution in [3.63, 3.8) is 0 Å². The third kappa shape index (κ3) is 3.48. The third-order valence-corrected chi connectivity index (χ3v) is 5.80. The van der Waals surface area contributed by atoms with E-state index in [-0.39, 0.29) is 12.3 Å². The molecule has 0 saturated heterocycles. The average Bonchev–Trinajstić information content (AvgIpc) is 3.01. The molecule has 0 unspecified atom stereocenters. The number of nitrogens with one attached hydrogen (secondary N) is 1. The second-order valence-corrected chi connectivity index (χ2v) is 7.60. The Labute approximate surface area is 160 Å². The fourth-order valence-electron chi connectivity index (χ4n) is 4.48. The van der Waals surface area contributed by atoms with Gasteiger partial charge >= 0.3 is 0 Å². The van der Waals surface area contributed by atoms with Crippen molar-refractivity contribution in [1.82, 2.24) is 9.55 Å². The van der Waals surface area contributed by atoms with Crippen LogP contribution in [0.1, 0.15) is 59.9 Å². The molecular formula is C23H27N3O. The molecule has 0 aliphatic heterocycles. The number of nitrogens with zero attached hydrogens (tertiary/aromatic N) is 2. The molecule has 1 aliphatic rings. The Balaban J connectivity index is 1.53. The molecule has 0 amide bonds. The molecule has 27 heavy (non-hydrogen) atoms. The smallest absolute Gasteiger partial charge is 0.183 e. The Kier molecular flexibility index (Phi) is 4.97. The van der Waals surface area contributed by atoms with E-state index in [1.807, 2.05) is 30.3 Å². The largest absolute Gasteiger partial charge is 0.376 e. The predicted octanol–water partition coefficient (Wildman–Crippen LogP) is 5.45. The van der Waals surface area contributed by atoms with E-state index >= 15 is 0 Å². The van der Waals surface area contributed by atoms with Crippen LogP contribution in [0.25, 0.3) is 10.9 Å². The molecule has 1 aliphatic carbocycles. The molecule has 2 aromatic heterocycles. The van der Waals surface area contributed by atoms with E-state index in [2.05, 4.69) is 34.8 Å². The number of hydrogen-bond acceptors (Lipinski definition) is 3. The maximum absolute atomic E-state index is 12.9. The van der Waals surface area contributed by atoms with Crippen molar-refractivity contribution in [3.8, 4) is 0 Å². The van der Waals surface area contributed by atoms with Crippen LogP contribution in [-0.4, -0.2) is 21.9 Å². The lowest BCUT2D eigenvalue weighted by molar-refractivity contribution is 0.101. The fraction of sp³-hybridized carbons (Fsp3) is 0.391. The lowest BCUT2D eigenvalue weighted by atomic mass is 9.95. The van der Waals surface area contributed by atoms with Gasteiger partial charge in [-0.3, -0.25) is 9.78 Å². The van der Waals surface area contributed by atoms with Crippen LogP contribution in [0.4, 0.5) is 5.69 Å². The molecule has 140 valence electrons. The van der Waals surface area contributed by atoms with Crippen LogP contribution >= 0.6 is 0 Å². The van der Waals surface area contributed by atoms with Crippen LogP contribution in [-0.2, 0) is 0 Å². The number of Topliss-reactive ketones (excluding diaryl/α,β-unsaturated/α-hetero) is 1. The molecule has 4 nitrogen and oxygen atoms in total. The highest BCUT2D eigenvalue weighted by Gasteiger charge is 2.22. The number of fused-ring (bicyclic) bond motifs is 1. The molecular weight excluding hydrogens is 334 g/mol. The Morgan fingerprint density at radius 1 is 1.15 bits per heavy atom. The van der Waals surface area contributed by atoms with Crippen molar-refractivity contribution < 1.29 is 4.79 Å². The highest BCUT2D eigenvalue weighted by atomic mass is 16.1. The minimum atomic E-state index is 0.137. The number of aryl methyl sites for hydroxylation is 1. The molecule has 3 aromatic rings. The maximum Gasteiger partial charge on any atom is 0.183 e. The van der Waals surface area contributed by atoms with Crippen molar-refractivity contribution in [3.05, 3.63) is 59.5 Å². The van der Waals surface area contributed by atoms with Gasteiger partial charge in [-0.1, -0.05) is 37.5 Å². The van der Waals surface area contributed by atoms with Crippen molar-refractivity contribution in [2.75, 3.05) is 11.9 Å². The molecule has 2 heterocycles. The van der Waals surface area contributed by atoms with Gasteiger partial charge in [0.2, 0.25) is 0 Å². The van der Waals surface area contributed by atoms with Crippen LogP contribution in [0.15, 0.2) is 42.6 Å². The SMILES string of the molecule is Cc1cc(C(=O)CNc2cccc3cccnc23)c(C)n1C1CCCCC1. The lowest BCUT2D eigenvalue weighted by Crippen LogP contribution is -2.18. The van der Waals surface area contributed by atoms with Gasteiger partial charge < -0.3 is 9.88 Å². The number of aromatic nitrogens is 2. The lowest BCUT2D eigenvalue weighted by Gasteiger charge is -2.26. The van der Waals surface area contributed by atoms with E-state index in [9.17, 15) is 4.79 Å². The second kappa shape index (κ2) is 7.55. The van der Waals surface area contributed by atoms with E-state index < -0.39 is 0 Å². The predicted molar refractivity (Wildman–Crippen MR) is 111 cm³/mol. The van der Waals surface area contributed by atoms with Gasteiger partial charge in [0.1, 0.15) is 0 Å². The quantitative estimate of drug-likeness (QED) is 0.614. The van der Waals surface area contributed by atoms with Crippen molar-refractivity contribution in [2.24, 2.45) is 0 Å². The number of para-hydroxylation sites is 1. The maximum atomic E-state index is 12.9. The Hall–Kier alpha value is -2.62. The summed E-state index contributed by atoms with van der Waals surface area (Å²) in [4.78, 5) is 17.4. The number of carbonyl (C=O) groups excluding carboxylic acids is 1. The fourth-order valence-corrected chi connectivity index (χ4v) is 4.48. The summed E-state index contributed by atoms with van der Waals surface area (Å²) in [7, 11) is 0. The molecule has 0 spiro atoms. The number of pyridine rings is 1. The van der Waals surface area contributed by atoms with Crippen LogP contribution in [0.3, 0.4) is 0 Å². The zero-order valence-corrected chi connectivity index (χ0v) is 16.2. The van der Waals surface area contributed by atoms with Gasteiger partial charge in [0.25, 0.3) is 0 Å². The topological polar surface area (TPSA) is 46.9 Å². The third-order valence-electron chi connectivity index (χ3n) is 5.80. The first kappa shape index (κ1) is 17.8. The van der Waals surface area contributed by atoms with Crippen LogP contribution < -0.4 is 5.32 Å². The van der Waals surface area contributed by atoms with E-state index in [0.717, 1.165) is 27.8 Å². The number of carbonyl (C=O) groups is 1. The van der Waals surface area contributed by atoms with Gasteiger partial charge in [-0.15, -0.1) is 0 Å². The molecule has 0 radical (unpaired) electrons. The summed E-state index contributed by atoms with van der Waals surface area (Å²) in [6.45, 7) is 4.50. The van der Waals surface area contributed by atoms with Gasteiger partial charge in [-0.25, -0.2) is 0 Å². The first-order chi connectivity index (χ1) is 13.1. The Morgan fingerprint density at radius 3 is 2.74 bits per heavy atom. The zero-order valence-electron chi connectivity index (χ0n) is 16.2. The Morgan fingerprint density at radius 2 is 1.93 bits per heavy atom. The summed E-state index contributed by atoms with van der Waals surface area (Å²) in [5, 5.41) is 4.37. The molecule has 4 rings (SSSR count). The first-order valence-corrected chi connectivity index (χ1v) is 9.94. The summed E-state index contributed by atoms with van der Waals surface area (Å²) in [6.07, 6.45) is 8.16. The van der Waals surface area contributed by atoms with E-state index in [1.54, 1.807) is 6.20 Å². The second-order valence-electron chi connectivity index (χ2n) is 7.60. The molecule has 1 aromatic carbocycles. The van der Waals surface area contributed by atoms with Crippen LogP contribution in [0, 0.1) is 13.8 Å². The van der Waals surface area contributed by atoms with Crippen LogP contribution in [0.2, 0.25) is 0 Å². The standard InChI is InChI=1S/C23H27N3O/c1-16-14-20(17(2)26(16)19-10-4-3-5-11-19)22(27)15-25-21-12-6-8-18-9-7-13-24-23(18)21/h6-9,12-14,19,25H,3-5,10-11,15H2,1-2H3. The number of anilines is 1. The molecule has 1 N–H and O–H groups in total. The summed E-state index contributed by atoms with van der Waals surface area (Å²) in [6, 6.07) is 12.6. The summed E-state index contributed by atoms with van der Waals surface area (Å²) >= 11 is 0. The van der Waals surface area contributed by atoms with E-state index in [4.69, 9.17) is 0 Å². The molecule has 1 fully saturated rings. The first-order valence-electron chi connectivity index (χ1n) is 9.94. The molecule has 1 saturated carbocycles. The Bertz CT molecular complexity index is 962. The molecule has 0 atom stereocenters. The number of benzene rings is 1. The summed E-state index contributed by atoms with van der Waals surface area (Å²) < 4.78 is 2.39. The van der Waals surface area contributed by atoms with E-state index in [0.29, 0.717) is 6.04 Å². The monoisotopic (exact) mass is 361 g/mol. The minimum Gasteiger partial charge on any atom is -0.376 e. The van der Waals surface area contributed by atoms with Crippen molar-refractivity contribution >= 4 is 22.4 Å². The highest BCUT2D eigenvalue weighted by Crippen LogP contribution is 2.32. The number of ketones is 1.